The number of sulfone groups is 1. The van der Waals surface area contributed by atoms with E-state index in [0.717, 1.165) is 36.4 Å². The monoisotopic (exact) mass is 489 g/mol. The number of rotatable bonds is 4. The fourth-order valence-electron chi connectivity index (χ4n) is 2.78. The predicted octanol–water partition coefficient (Wildman–Crippen LogP) is 5.51. The lowest BCUT2D eigenvalue weighted by atomic mass is 10.1. The Morgan fingerprint density at radius 1 is 0.727 bits per heavy atom. The van der Waals surface area contributed by atoms with Crippen molar-refractivity contribution in [3.05, 3.63) is 83.4 Å². The molecule has 3 aromatic carbocycles. The second kappa shape index (κ2) is 8.43. The second-order valence-corrected chi connectivity index (χ2v) is 8.72. The minimum Gasteiger partial charge on any atom is -0.508 e. The smallest absolute Gasteiger partial charge is 0.416 e. The number of carbonyl (C=O) groups excluding carboxylic acids is 1. The van der Waals surface area contributed by atoms with Gasteiger partial charge in [0.15, 0.2) is 0 Å². The van der Waals surface area contributed by atoms with Gasteiger partial charge in [0.25, 0.3) is 5.91 Å². The van der Waals surface area contributed by atoms with Crippen LogP contribution in [0.1, 0.15) is 21.5 Å². The maximum atomic E-state index is 13.0. The molecular weight excluding hydrogens is 476 g/mol. The van der Waals surface area contributed by atoms with Crippen LogP contribution < -0.4 is 5.32 Å². The molecule has 3 rings (SSSR count). The van der Waals surface area contributed by atoms with Crippen LogP contribution in [0.15, 0.2) is 76.5 Å². The highest BCUT2D eigenvalue weighted by molar-refractivity contribution is 7.91. The first kappa shape index (κ1) is 24.1. The number of alkyl halides is 6. The fourth-order valence-corrected chi connectivity index (χ4v) is 4.04. The fraction of sp³-hybridized carbons (Fsp3) is 0.0952. The van der Waals surface area contributed by atoms with Crippen LogP contribution in [0.5, 0.6) is 5.75 Å². The number of phenolic OH excluding ortho intramolecular Hbond substituents is 1. The van der Waals surface area contributed by atoms with Crippen molar-refractivity contribution < 1.29 is 44.7 Å². The Morgan fingerprint density at radius 3 is 1.58 bits per heavy atom. The molecule has 0 spiro atoms. The van der Waals surface area contributed by atoms with E-state index in [1.807, 2.05) is 5.32 Å². The standard InChI is InChI=1S/C21H13F6NO4S/c22-20(23,24)13-9-14(21(25,26)27)11-15(10-13)28-19(30)12-1-5-17(6-2-12)33(31,32)18-7-3-16(29)4-8-18/h1-11,29H,(H,28,30). The van der Waals surface area contributed by atoms with Crippen LogP contribution >= 0.6 is 0 Å². The van der Waals surface area contributed by atoms with Crippen molar-refractivity contribution in [2.45, 2.75) is 22.1 Å². The second-order valence-electron chi connectivity index (χ2n) is 6.77. The summed E-state index contributed by atoms with van der Waals surface area (Å²) < 4.78 is 103. The van der Waals surface area contributed by atoms with Gasteiger partial charge in [-0.1, -0.05) is 0 Å². The van der Waals surface area contributed by atoms with E-state index in [1.165, 1.54) is 12.1 Å². The number of benzene rings is 3. The van der Waals surface area contributed by atoms with Crippen molar-refractivity contribution >= 4 is 21.4 Å². The minimum atomic E-state index is -5.08. The van der Waals surface area contributed by atoms with Crippen LogP contribution in [0.4, 0.5) is 32.0 Å². The van der Waals surface area contributed by atoms with Crippen molar-refractivity contribution in [2.75, 3.05) is 5.32 Å². The number of halogens is 6. The zero-order chi connectivity index (χ0) is 24.6. The van der Waals surface area contributed by atoms with E-state index >= 15 is 0 Å². The van der Waals surface area contributed by atoms with Crippen molar-refractivity contribution in [2.24, 2.45) is 0 Å². The highest BCUT2D eigenvalue weighted by Crippen LogP contribution is 2.37. The number of hydrogen-bond acceptors (Lipinski definition) is 4. The lowest BCUT2D eigenvalue weighted by molar-refractivity contribution is -0.143. The quantitative estimate of drug-likeness (QED) is 0.473. The summed E-state index contributed by atoms with van der Waals surface area (Å²) in [5.41, 5.74) is -4.13. The van der Waals surface area contributed by atoms with E-state index < -0.39 is 44.9 Å². The Balaban J connectivity index is 1.88. The third-order valence-electron chi connectivity index (χ3n) is 4.42. The number of carbonyl (C=O) groups is 1. The zero-order valence-electron chi connectivity index (χ0n) is 16.2. The van der Waals surface area contributed by atoms with Crippen LogP contribution in [0.2, 0.25) is 0 Å². The molecule has 0 bridgehead atoms. The first-order chi connectivity index (χ1) is 15.2. The average molecular weight is 489 g/mol. The number of hydrogen-bond donors (Lipinski definition) is 2. The van der Waals surface area contributed by atoms with Crippen molar-refractivity contribution in [1.82, 2.24) is 0 Å². The topological polar surface area (TPSA) is 83.5 Å². The van der Waals surface area contributed by atoms with Gasteiger partial charge in [0, 0.05) is 11.3 Å². The van der Waals surface area contributed by atoms with E-state index in [4.69, 9.17) is 0 Å². The molecule has 12 heteroatoms. The van der Waals surface area contributed by atoms with Crippen LogP contribution in [0.25, 0.3) is 0 Å². The Kier molecular flexibility index (Phi) is 6.16. The van der Waals surface area contributed by atoms with Crippen LogP contribution in [-0.4, -0.2) is 19.4 Å². The molecule has 33 heavy (non-hydrogen) atoms. The number of anilines is 1. The first-order valence-corrected chi connectivity index (χ1v) is 10.4. The summed E-state index contributed by atoms with van der Waals surface area (Å²) in [6.07, 6.45) is -10.2. The van der Waals surface area contributed by atoms with Gasteiger partial charge in [-0.15, -0.1) is 0 Å². The predicted molar refractivity (Wildman–Crippen MR) is 104 cm³/mol. The van der Waals surface area contributed by atoms with Gasteiger partial charge >= 0.3 is 12.4 Å². The van der Waals surface area contributed by atoms with E-state index in [9.17, 15) is 44.7 Å². The summed E-state index contributed by atoms with van der Waals surface area (Å²) in [5.74, 6) is -1.19. The molecule has 0 aliphatic carbocycles. The van der Waals surface area contributed by atoms with Gasteiger partial charge in [-0.25, -0.2) is 8.42 Å². The van der Waals surface area contributed by atoms with E-state index in [1.54, 1.807) is 0 Å². The zero-order valence-corrected chi connectivity index (χ0v) is 17.0. The molecule has 0 aromatic heterocycles. The molecule has 5 nitrogen and oxygen atoms in total. The van der Waals surface area contributed by atoms with Gasteiger partial charge in [-0.3, -0.25) is 4.79 Å². The Morgan fingerprint density at radius 2 is 1.15 bits per heavy atom. The van der Waals surface area contributed by atoms with Gasteiger partial charge in [-0.2, -0.15) is 26.3 Å². The number of phenols is 1. The summed E-state index contributed by atoms with van der Waals surface area (Å²) in [4.78, 5) is 12.0. The number of amides is 1. The highest BCUT2D eigenvalue weighted by Gasteiger charge is 2.37. The SMILES string of the molecule is O=C(Nc1cc(C(F)(F)F)cc(C(F)(F)F)c1)c1ccc(S(=O)(=O)c2ccc(O)cc2)cc1. The maximum absolute atomic E-state index is 13.0. The molecule has 0 aliphatic heterocycles. The summed E-state index contributed by atoms with van der Waals surface area (Å²) in [5, 5.41) is 11.2. The van der Waals surface area contributed by atoms with E-state index in [0.29, 0.717) is 12.1 Å². The van der Waals surface area contributed by atoms with Crippen LogP contribution in [0.3, 0.4) is 0 Å². The first-order valence-electron chi connectivity index (χ1n) is 8.93. The van der Waals surface area contributed by atoms with Gasteiger partial charge in [-0.05, 0) is 66.7 Å². The average Bonchev–Trinajstić information content (AvgIpc) is 2.72. The normalized spacial score (nSPS) is 12.4. The third-order valence-corrected chi connectivity index (χ3v) is 6.20. The van der Waals surface area contributed by atoms with Crippen molar-refractivity contribution in [3.63, 3.8) is 0 Å². The molecule has 0 heterocycles. The maximum Gasteiger partial charge on any atom is 0.416 e. The van der Waals surface area contributed by atoms with Gasteiger partial charge in [0.2, 0.25) is 9.84 Å². The minimum absolute atomic E-state index is 0.0708. The summed E-state index contributed by atoms with van der Waals surface area (Å²) in [6, 6.07) is 9.54. The highest BCUT2D eigenvalue weighted by atomic mass is 32.2. The molecule has 2 N–H and O–H groups in total. The van der Waals surface area contributed by atoms with Crippen molar-refractivity contribution in [1.29, 1.82) is 0 Å². The number of aromatic hydroxyl groups is 1. The molecule has 0 saturated heterocycles. The lowest BCUT2D eigenvalue weighted by Crippen LogP contribution is -2.16. The summed E-state index contributed by atoms with van der Waals surface area (Å²) >= 11 is 0. The Bertz CT molecular complexity index is 1250. The Labute approximate surface area is 183 Å². The van der Waals surface area contributed by atoms with E-state index in [-0.39, 0.29) is 27.2 Å². The molecule has 1 amide bonds. The summed E-state index contributed by atoms with van der Waals surface area (Å²) in [7, 11) is -3.99. The number of nitrogens with one attached hydrogen (secondary N) is 1. The molecule has 0 aliphatic rings. The van der Waals surface area contributed by atoms with Crippen LogP contribution in [0, 0.1) is 0 Å². The largest absolute Gasteiger partial charge is 0.508 e. The van der Waals surface area contributed by atoms with Gasteiger partial charge in [0.05, 0.1) is 20.9 Å². The molecule has 0 saturated carbocycles. The molecular formula is C21H13F6NO4S. The van der Waals surface area contributed by atoms with Crippen molar-refractivity contribution in [3.8, 4) is 5.75 Å². The third kappa shape index (κ3) is 5.45. The van der Waals surface area contributed by atoms with E-state index in [2.05, 4.69) is 0 Å². The Hall–Kier alpha value is -3.54. The van der Waals surface area contributed by atoms with Crippen LogP contribution in [-0.2, 0) is 22.2 Å². The molecule has 0 unspecified atom stereocenters. The molecule has 0 atom stereocenters. The molecule has 3 aromatic rings. The summed E-state index contributed by atoms with van der Waals surface area (Å²) in [6.45, 7) is 0. The lowest BCUT2D eigenvalue weighted by Gasteiger charge is -2.15. The van der Waals surface area contributed by atoms with Gasteiger partial charge < -0.3 is 10.4 Å². The molecule has 174 valence electrons. The molecule has 0 fully saturated rings. The molecule has 0 radical (unpaired) electrons. The van der Waals surface area contributed by atoms with Gasteiger partial charge in [0.1, 0.15) is 5.75 Å².